The summed E-state index contributed by atoms with van der Waals surface area (Å²) in [6, 6.07) is 0. The predicted octanol–water partition coefficient (Wildman–Crippen LogP) is 1.43. The van der Waals surface area contributed by atoms with Crippen molar-refractivity contribution in [2.24, 2.45) is 13.0 Å². The lowest BCUT2D eigenvalue weighted by Gasteiger charge is -2.19. The fraction of sp³-hybridized carbons (Fsp3) is 0.636. The van der Waals surface area contributed by atoms with Crippen LogP contribution in [0.15, 0.2) is 0 Å². The molecule has 0 spiro atoms. The maximum Gasteiger partial charge on any atom is 0.228 e. The number of anilines is 1. The van der Waals surface area contributed by atoms with Crippen molar-refractivity contribution in [1.82, 2.24) is 9.78 Å². The van der Waals surface area contributed by atoms with Gasteiger partial charge in [-0.2, -0.15) is 5.10 Å². The van der Waals surface area contributed by atoms with Crippen LogP contribution in [-0.2, 0) is 18.3 Å². The first-order valence-electron chi connectivity index (χ1n) is 5.53. The van der Waals surface area contributed by atoms with Crippen LogP contribution in [0.1, 0.15) is 36.9 Å². The summed E-state index contributed by atoms with van der Waals surface area (Å²) in [5, 5.41) is 7.47. The van der Waals surface area contributed by atoms with Crippen LogP contribution >= 0.6 is 0 Å². The average Bonchev–Trinajstić information content (AvgIpc) is 2.97. The second kappa shape index (κ2) is 2.84. The van der Waals surface area contributed by atoms with E-state index in [0.29, 0.717) is 5.92 Å². The molecule has 1 atom stereocenters. The largest absolute Gasteiger partial charge is 0.310 e. The number of aryl methyl sites for hydroxylation is 1. The third kappa shape index (κ3) is 1.28. The minimum Gasteiger partial charge on any atom is -0.310 e. The predicted molar refractivity (Wildman–Crippen MR) is 56.7 cm³/mol. The smallest absolute Gasteiger partial charge is 0.228 e. The number of nitrogens with one attached hydrogen (secondary N) is 1. The van der Waals surface area contributed by atoms with E-state index in [0.717, 1.165) is 12.2 Å². The van der Waals surface area contributed by atoms with Crippen molar-refractivity contribution in [1.29, 1.82) is 0 Å². The highest BCUT2D eigenvalue weighted by molar-refractivity contribution is 5.94. The molecule has 4 nitrogen and oxygen atoms in total. The van der Waals surface area contributed by atoms with Crippen LogP contribution in [0.2, 0.25) is 0 Å². The van der Waals surface area contributed by atoms with Gasteiger partial charge in [-0.15, -0.1) is 0 Å². The second-order valence-corrected chi connectivity index (χ2v) is 4.70. The summed E-state index contributed by atoms with van der Waals surface area (Å²) in [7, 11) is 1.90. The quantitative estimate of drug-likeness (QED) is 0.753. The van der Waals surface area contributed by atoms with Crippen LogP contribution in [0.5, 0.6) is 0 Å². The Kier molecular flexibility index (Phi) is 1.69. The molecule has 1 saturated carbocycles. The summed E-state index contributed by atoms with van der Waals surface area (Å²) in [4.78, 5) is 11.6. The Morgan fingerprint density at radius 3 is 2.87 bits per heavy atom. The highest BCUT2D eigenvalue weighted by atomic mass is 16.2. The molecular weight excluding hydrogens is 190 g/mol. The van der Waals surface area contributed by atoms with Crippen molar-refractivity contribution in [2.75, 3.05) is 5.32 Å². The van der Waals surface area contributed by atoms with Gasteiger partial charge in [-0.25, -0.2) is 0 Å². The molecule has 1 fully saturated rings. The molecule has 1 aromatic heterocycles. The van der Waals surface area contributed by atoms with E-state index in [-0.39, 0.29) is 11.8 Å². The van der Waals surface area contributed by atoms with Gasteiger partial charge in [-0.05, 0) is 19.3 Å². The first-order valence-corrected chi connectivity index (χ1v) is 5.53. The highest BCUT2D eigenvalue weighted by Crippen LogP contribution is 2.44. The minimum absolute atomic E-state index is 0.0826. The van der Waals surface area contributed by atoms with E-state index in [1.807, 2.05) is 18.7 Å². The molecule has 0 radical (unpaired) electrons. The number of carbonyl (C=O) groups excluding carboxylic acids is 1. The van der Waals surface area contributed by atoms with Crippen molar-refractivity contribution >= 4 is 11.7 Å². The van der Waals surface area contributed by atoms with E-state index in [4.69, 9.17) is 0 Å². The first-order chi connectivity index (χ1) is 7.16. The molecule has 80 valence electrons. The number of hydrogen-bond donors (Lipinski definition) is 1. The molecule has 1 aromatic rings. The number of nitrogens with zero attached hydrogens (tertiary/aromatic N) is 2. The molecular formula is C11H15N3O. The first kappa shape index (κ1) is 8.95. The number of aromatic nitrogens is 2. The third-order valence-corrected chi connectivity index (χ3v) is 3.34. The third-order valence-electron chi connectivity index (χ3n) is 3.34. The molecule has 3 rings (SSSR count). The van der Waals surface area contributed by atoms with Gasteiger partial charge in [0.25, 0.3) is 0 Å². The van der Waals surface area contributed by atoms with Gasteiger partial charge >= 0.3 is 0 Å². The highest BCUT2D eigenvalue weighted by Gasteiger charge is 2.35. The standard InChI is InChI=1S/C11H15N3O/c1-6-5-8-9(7-3-4-7)13-14(2)10(8)12-11(6)15/h6-7H,3-5H2,1-2H3,(H,12,15). The van der Waals surface area contributed by atoms with E-state index in [2.05, 4.69) is 10.4 Å². The minimum atomic E-state index is 0.0826. The van der Waals surface area contributed by atoms with Crippen molar-refractivity contribution in [3.05, 3.63) is 11.3 Å². The Labute approximate surface area is 88.7 Å². The molecule has 2 aliphatic rings. The maximum atomic E-state index is 11.6. The van der Waals surface area contributed by atoms with Gasteiger partial charge < -0.3 is 5.32 Å². The topological polar surface area (TPSA) is 46.9 Å². The molecule has 2 heterocycles. The zero-order valence-electron chi connectivity index (χ0n) is 9.08. The molecule has 0 bridgehead atoms. The lowest BCUT2D eigenvalue weighted by molar-refractivity contribution is -0.119. The monoisotopic (exact) mass is 205 g/mol. The Bertz CT molecular complexity index is 431. The summed E-state index contributed by atoms with van der Waals surface area (Å²) < 4.78 is 1.81. The van der Waals surface area contributed by atoms with Crippen LogP contribution in [-0.4, -0.2) is 15.7 Å². The molecule has 1 aliphatic heterocycles. The normalized spacial score (nSPS) is 24.9. The maximum absolute atomic E-state index is 11.6. The van der Waals surface area contributed by atoms with E-state index < -0.39 is 0 Å². The summed E-state index contributed by atoms with van der Waals surface area (Å²) in [6.45, 7) is 1.97. The van der Waals surface area contributed by atoms with E-state index in [1.54, 1.807) is 0 Å². The van der Waals surface area contributed by atoms with Crippen molar-refractivity contribution in [2.45, 2.75) is 32.1 Å². The van der Waals surface area contributed by atoms with Gasteiger partial charge in [0, 0.05) is 24.4 Å². The Morgan fingerprint density at radius 2 is 2.20 bits per heavy atom. The Morgan fingerprint density at radius 1 is 1.47 bits per heavy atom. The SMILES string of the molecule is CC1Cc2c(C3CC3)nn(C)c2NC1=O. The molecule has 4 heteroatoms. The van der Waals surface area contributed by atoms with Gasteiger partial charge in [-0.3, -0.25) is 9.48 Å². The van der Waals surface area contributed by atoms with Crippen molar-refractivity contribution < 1.29 is 4.79 Å². The molecule has 0 saturated heterocycles. The number of fused-ring (bicyclic) bond motifs is 1. The summed E-state index contributed by atoms with van der Waals surface area (Å²) in [5.41, 5.74) is 2.49. The van der Waals surface area contributed by atoms with Gasteiger partial charge in [0.05, 0.1) is 5.69 Å². The number of carbonyl (C=O) groups is 1. The van der Waals surface area contributed by atoms with Crippen molar-refractivity contribution in [3.8, 4) is 0 Å². The molecule has 15 heavy (non-hydrogen) atoms. The fourth-order valence-corrected chi connectivity index (χ4v) is 2.27. The molecule has 1 aliphatic carbocycles. The Hall–Kier alpha value is -1.32. The van der Waals surface area contributed by atoms with Crippen LogP contribution in [0.4, 0.5) is 5.82 Å². The molecule has 1 amide bonds. The lowest BCUT2D eigenvalue weighted by Crippen LogP contribution is -2.28. The van der Waals surface area contributed by atoms with Gasteiger partial charge in [-0.1, -0.05) is 6.92 Å². The number of rotatable bonds is 1. The number of hydrogen-bond acceptors (Lipinski definition) is 2. The van der Waals surface area contributed by atoms with Crippen LogP contribution in [0.25, 0.3) is 0 Å². The van der Waals surface area contributed by atoms with E-state index in [1.165, 1.54) is 24.1 Å². The van der Waals surface area contributed by atoms with Crippen LogP contribution < -0.4 is 5.32 Å². The van der Waals surface area contributed by atoms with E-state index in [9.17, 15) is 4.79 Å². The van der Waals surface area contributed by atoms with Crippen molar-refractivity contribution in [3.63, 3.8) is 0 Å². The lowest BCUT2D eigenvalue weighted by atomic mass is 9.95. The summed E-state index contributed by atoms with van der Waals surface area (Å²) in [5.74, 6) is 1.77. The fourth-order valence-electron chi connectivity index (χ4n) is 2.27. The zero-order chi connectivity index (χ0) is 10.6. The molecule has 0 aromatic carbocycles. The Balaban J connectivity index is 2.07. The van der Waals surface area contributed by atoms with E-state index >= 15 is 0 Å². The van der Waals surface area contributed by atoms with Gasteiger partial charge in [0.1, 0.15) is 5.82 Å². The molecule has 1 N–H and O–H groups in total. The van der Waals surface area contributed by atoms with Gasteiger partial charge in [0.2, 0.25) is 5.91 Å². The summed E-state index contributed by atoms with van der Waals surface area (Å²) in [6.07, 6.45) is 3.36. The zero-order valence-corrected chi connectivity index (χ0v) is 9.08. The average molecular weight is 205 g/mol. The summed E-state index contributed by atoms with van der Waals surface area (Å²) >= 11 is 0. The molecule has 1 unspecified atom stereocenters. The number of amides is 1. The second-order valence-electron chi connectivity index (χ2n) is 4.70. The van der Waals surface area contributed by atoms with Crippen LogP contribution in [0.3, 0.4) is 0 Å². The van der Waals surface area contributed by atoms with Crippen LogP contribution in [0, 0.1) is 5.92 Å². The van der Waals surface area contributed by atoms with Gasteiger partial charge in [0.15, 0.2) is 0 Å².